The molecule has 1 fully saturated rings. The van der Waals surface area contributed by atoms with Crippen molar-refractivity contribution >= 4 is 29.9 Å². The molecule has 30 heavy (non-hydrogen) atoms. The van der Waals surface area contributed by atoms with Crippen LogP contribution in [0, 0.1) is 6.92 Å². The van der Waals surface area contributed by atoms with Gasteiger partial charge in [0.1, 0.15) is 18.1 Å². The SMILES string of the molecule is Cc1nnc(CN=C(NCCc2ccc3c(c2)CCO3)NCC2CCCO2)n1C.I. The van der Waals surface area contributed by atoms with E-state index >= 15 is 0 Å². The fourth-order valence-corrected chi connectivity index (χ4v) is 3.65. The Morgan fingerprint density at radius 2 is 2.17 bits per heavy atom. The van der Waals surface area contributed by atoms with Gasteiger partial charge in [-0.1, -0.05) is 12.1 Å². The highest BCUT2D eigenvalue weighted by Gasteiger charge is 2.16. The molecule has 3 heterocycles. The van der Waals surface area contributed by atoms with E-state index in [4.69, 9.17) is 14.5 Å². The first-order valence-corrected chi connectivity index (χ1v) is 10.4. The van der Waals surface area contributed by atoms with E-state index < -0.39 is 0 Å². The van der Waals surface area contributed by atoms with E-state index in [0.717, 1.165) is 75.3 Å². The van der Waals surface area contributed by atoms with Gasteiger partial charge in [0.05, 0.1) is 12.7 Å². The number of ether oxygens (including phenoxy) is 2. The Morgan fingerprint density at radius 3 is 2.93 bits per heavy atom. The molecule has 0 spiro atoms. The van der Waals surface area contributed by atoms with Crippen LogP contribution in [0.25, 0.3) is 0 Å². The lowest BCUT2D eigenvalue weighted by Gasteiger charge is -2.16. The Kier molecular flexibility index (Phi) is 8.32. The lowest BCUT2D eigenvalue weighted by molar-refractivity contribution is 0.114. The third kappa shape index (κ3) is 5.84. The third-order valence-corrected chi connectivity index (χ3v) is 5.54. The van der Waals surface area contributed by atoms with E-state index in [1.165, 1.54) is 11.1 Å². The number of nitrogens with one attached hydrogen (secondary N) is 2. The van der Waals surface area contributed by atoms with Crippen molar-refractivity contribution in [2.75, 3.05) is 26.3 Å². The van der Waals surface area contributed by atoms with Gasteiger partial charge in [0.25, 0.3) is 0 Å². The molecule has 164 valence electrons. The molecular formula is C21H31IN6O2. The fraction of sp³-hybridized carbons (Fsp3) is 0.571. The second kappa shape index (κ2) is 10.9. The second-order valence-electron chi connectivity index (χ2n) is 7.62. The highest BCUT2D eigenvalue weighted by molar-refractivity contribution is 14.0. The molecule has 2 aliphatic rings. The van der Waals surface area contributed by atoms with Crippen LogP contribution in [-0.2, 0) is 31.2 Å². The Balaban J connectivity index is 0.00000256. The quantitative estimate of drug-likeness (QED) is 0.327. The number of benzene rings is 1. The van der Waals surface area contributed by atoms with Gasteiger partial charge in [-0.15, -0.1) is 34.2 Å². The van der Waals surface area contributed by atoms with E-state index in [0.29, 0.717) is 6.54 Å². The molecule has 1 aromatic carbocycles. The fourth-order valence-electron chi connectivity index (χ4n) is 3.65. The van der Waals surface area contributed by atoms with Crippen LogP contribution in [0.2, 0.25) is 0 Å². The summed E-state index contributed by atoms with van der Waals surface area (Å²) in [6.07, 6.45) is 4.42. The molecule has 0 saturated carbocycles. The van der Waals surface area contributed by atoms with Gasteiger partial charge in [-0.25, -0.2) is 4.99 Å². The van der Waals surface area contributed by atoms with Gasteiger partial charge in [-0.2, -0.15) is 0 Å². The van der Waals surface area contributed by atoms with Crippen molar-refractivity contribution in [3.63, 3.8) is 0 Å². The first-order valence-electron chi connectivity index (χ1n) is 10.4. The second-order valence-corrected chi connectivity index (χ2v) is 7.62. The summed E-state index contributed by atoms with van der Waals surface area (Å²) in [6, 6.07) is 6.48. The van der Waals surface area contributed by atoms with E-state index in [2.05, 4.69) is 39.0 Å². The molecule has 9 heteroatoms. The standard InChI is InChI=1S/C21H30N6O2.HI/c1-15-25-26-20(27(15)2)14-24-21(23-13-18-4-3-10-28-18)22-9-7-16-5-6-19-17(12-16)8-11-29-19;/h5-6,12,18H,3-4,7-11,13-14H2,1-2H3,(H2,22,23,24);1H. The number of halogens is 1. The Bertz CT molecular complexity index is 863. The van der Waals surface area contributed by atoms with Crippen LogP contribution in [-0.4, -0.2) is 53.1 Å². The van der Waals surface area contributed by atoms with Crippen molar-refractivity contribution in [2.24, 2.45) is 12.0 Å². The summed E-state index contributed by atoms with van der Waals surface area (Å²) in [5.41, 5.74) is 2.62. The summed E-state index contributed by atoms with van der Waals surface area (Å²) in [7, 11) is 1.96. The zero-order chi connectivity index (χ0) is 20.1. The van der Waals surface area contributed by atoms with Gasteiger partial charge in [-0.05, 0) is 43.4 Å². The summed E-state index contributed by atoms with van der Waals surface area (Å²) >= 11 is 0. The van der Waals surface area contributed by atoms with E-state index in [1.54, 1.807) is 0 Å². The Hall–Kier alpha value is -1.88. The summed E-state index contributed by atoms with van der Waals surface area (Å²) in [6.45, 7) is 5.63. The predicted molar refractivity (Wildman–Crippen MR) is 127 cm³/mol. The molecule has 8 nitrogen and oxygen atoms in total. The zero-order valence-corrected chi connectivity index (χ0v) is 20.0. The van der Waals surface area contributed by atoms with Crippen LogP contribution < -0.4 is 15.4 Å². The maximum Gasteiger partial charge on any atom is 0.191 e. The Labute approximate surface area is 194 Å². The molecule has 0 radical (unpaired) electrons. The zero-order valence-electron chi connectivity index (χ0n) is 17.7. The minimum absolute atomic E-state index is 0. The number of aromatic nitrogens is 3. The van der Waals surface area contributed by atoms with Crippen LogP contribution in [0.3, 0.4) is 0 Å². The van der Waals surface area contributed by atoms with E-state index in [-0.39, 0.29) is 30.1 Å². The van der Waals surface area contributed by atoms with Crippen molar-refractivity contribution in [1.82, 2.24) is 25.4 Å². The van der Waals surface area contributed by atoms with Crippen molar-refractivity contribution in [2.45, 2.75) is 45.3 Å². The molecule has 0 amide bonds. The van der Waals surface area contributed by atoms with Gasteiger partial charge >= 0.3 is 0 Å². The minimum Gasteiger partial charge on any atom is -0.493 e. The van der Waals surface area contributed by atoms with Gasteiger partial charge in [0.15, 0.2) is 11.8 Å². The highest BCUT2D eigenvalue weighted by atomic mass is 127. The smallest absolute Gasteiger partial charge is 0.191 e. The number of hydrogen-bond donors (Lipinski definition) is 2. The lowest BCUT2D eigenvalue weighted by atomic mass is 10.1. The largest absolute Gasteiger partial charge is 0.493 e. The molecular weight excluding hydrogens is 495 g/mol. The number of aliphatic imine (C=N–C) groups is 1. The average molecular weight is 526 g/mol. The monoisotopic (exact) mass is 526 g/mol. The third-order valence-electron chi connectivity index (χ3n) is 5.54. The number of fused-ring (bicyclic) bond motifs is 1. The number of aryl methyl sites for hydroxylation is 1. The van der Waals surface area contributed by atoms with Crippen LogP contribution in [0.4, 0.5) is 0 Å². The molecule has 1 saturated heterocycles. The number of hydrogen-bond acceptors (Lipinski definition) is 5. The number of guanidine groups is 1. The van der Waals surface area contributed by atoms with E-state index in [1.807, 2.05) is 18.5 Å². The summed E-state index contributed by atoms with van der Waals surface area (Å²) < 4.78 is 13.3. The lowest BCUT2D eigenvalue weighted by Crippen LogP contribution is -2.42. The first-order chi connectivity index (χ1) is 14.2. The van der Waals surface area contributed by atoms with Gasteiger partial charge in [-0.3, -0.25) is 0 Å². The molecule has 2 aromatic rings. The summed E-state index contributed by atoms with van der Waals surface area (Å²) in [5.74, 6) is 3.55. The maximum atomic E-state index is 5.72. The van der Waals surface area contributed by atoms with Crippen LogP contribution in [0.1, 0.15) is 35.6 Å². The van der Waals surface area contributed by atoms with Crippen molar-refractivity contribution in [3.8, 4) is 5.75 Å². The molecule has 0 bridgehead atoms. The van der Waals surface area contributed by atoms with Crippen LogP contribution in [0.15, 0.2) is 23.2 Å². The summed E-state index contributed by atoms with van der Waals surface area (Å²) in [4.78, 5) is 4.71. The molecule has 1 atom stereocenters. The van der Waals surface area contributed by atoms with Gasteiger partial charge < -0.3 is 24.7 Å². The number of rotatable bonds is 7. The van der Waals surface area contributed by atoms with Crippen molar-refractivity contribution in [3.05, 3.63) is 41.0 Å². The molecule has 1 unspecified atom stereocenters. The first kappa shape index (κ1) is 22.8. The minimum atomic E-state index is 0. The van der Waals surface area contributed by atoms with Crippen molar-refractivity contribution < 1.29 is 9.47 Å². The van der Waals surface area contributed by atoms with Gasteiger partial charge in [0.2, 0.25) is 0 Å². The number of nitrogens with zero attached hydrogens (tertiary/aromatic N) is 4. The van der Waals surface area contributed by atoms with E-state index in [9.17, 15) is 0 Å². The van der Waals surface area contributed by atoms with Crippen LogP contribution >= 0.6 is 24.0 Å². The Morgan fingerprint density at radius 1 is 1.27 bits per heavy atom. The van der Waals surface area contributed by atoms with Crippen LogP contribution in [0.5, 0.6) is 5.75 Å². The predicted octanol–water partition coefficient (Wildman–Crippen LogP) is 2.13. The molecule has 2 aliphatic heterocycles. The molecule has 1 aromatic heterocycles. The maximum absolute atomic E-state index is 5.72. The summed E-state index contributed by atoms with van der Waals surface area (Å²) in [5, 5.41) is 15.2. The normalized spacial score (nSPS) is 17.9. The highest BCUT2D eigenvalue weighted by Crippen LogP contribution is 2.25. The molecule has 4 rings (SSSR count). The van der Waals surface area contributed by atoms with Gasteiger partial charge in [0, 0.05) is 33.2 Å². The molecule has 0 aliphatic carbocycles. The molecule has 2 N–H and O–H groups in total. The topological polar surface area (TPSA) is 85.6 Å². The van der Waals surface area contributed by atoms with Crippen molar-refractivity contribution in [1.29, 1.82) is 0 Å². The average Bonchev–Trinajstić information content (AvgIpc) is 3.47.